The van der Waals surface area contributed by atoms with Gasteiger partial charge in [-0.3, -0.25) is 4.90 Å². The van der Waals surface area contributed by atoms with E-state index in [1.807, 2.05) is 0 Å². The maximum atomic E-state index is 6.05. The summed E-state index contributed by atoms with van der Waals surface area (Å²) in [4.78, 5) is 4.66. The van der Waals surface area contributed by atoms with Gasteiger partial charge in [-0.05, 0) is 44.0 Å². The first-order valence-electron chi connectivity index (χ1n) is 7.83. The fourth-order valence-corrected chi connectivity index (χ4v) is 3.22. The van der Waals surface area contributed by atoms with Crippen molar-refractivity contribution in [3.05, 3.63) is 29.3 Å². The minimum atomic E-state index is 0.243. The SMILES string of the molecule is COCC(C)N(C)C(CN)c1ccc2c(c1)CCCN2C. The second-order valence-corrected chi connectivity index (χ2v) is 6.13. The average Bonchev–Trinajstić information content (AvgIpc) is 2.48. The lowest BCUT2D eigenvalue weighted by Gasteiger charge is -2.34. The van der Waals surface area contributed by atoms with Gasteiger partial charge in [0.25, 0.3) is 0 Å². The van der Waals surface area contributed by atoms with Gasteiger partial charge in [0.15, 0.2) is 0 Å². The van der Waals surface area contributed by atoms with Gasteiger partial charge in [0.1, 0.15) is 0 Å². The van der Waals surface area contributed by atoms with Crippen LogP contribution in [0.2, 0.25) is 0 Å². The van der Waals surface area contributed by atoms with E-state index in [1.54, 1.807) is 7.11 Å². The number of anilines is 1. The second kappa shape index (κ2) is 7.25. The van der Waals surface area contributed by atoms with Crippen LogP contribution < -0.4 is 10.6 Å². The van der Waals surface area contributed by atoms with E-state index in [0.717, 1.165) is 13.2 Å². The number of aryl methyl sites for hydroxylation is 1. The van der Waals surface area contributed by atoms with Crippen molar-refractivity contribution in [3.63, 3.8) is 0 Å². The molecule has 0 saturated heterocycles. The fourth-order valence-electron chi connectivity index (χ4n) is 3.22. The Kier molecular flexibility index (Phi) is 5.62. The Morgan fingerprint density at radius 1 is 1.43 bits per heavy atom. The molecule has 0 saturated carbocycles. The van der Waals surface area contributed by atoms with Crippen molar-refractivity contribution in [2.75, 3.05) is 45.8 Å². The maximum Gasteiger partial charge on any atom is 0.0615 e. The Bertz CT molecular complexity index is 463. The van der Waals surface area contributed by atoms with Gasteiger partial charge in [-0.15, -0.1) is 0 Å². The number of ether oxygens (including phenoxy) is 1. The number of nitrogens with zero attached hydrogens (tertiary/aromatic N) is 2. The average molecular weight is 291 g/mol. The first-order chi connectivity index (χ1) is 10.1. The molecule has 4 nitrogen and oxygen atoms in total. The predicted octanol–water partition coefficient (Wildman–Crippen LogP) is 2.04. The molecule has 0 bridgehead atoms. The Morgan fingerprint density at radius 3 is 2.86 bits per heavy atom. The molecular formula is C17H29N3O. The summed E-state index contributed by atoms with van der Waals surface area (Å²) in [6.07, 6.45) is 2.40. The van der Waals surface area contributed by atoms with Crippen LogP contribution in [0, 0.1) is 0 Å². The molecule has 2 N–H and O–H groups in total. The molecular weight excluding hydrogens is 262 g/mol. The zero-order valence-electron chi connectivity index (χ0n) is 13.8. The first-order valence-corrected chi connectivity index (χ1v) is 7.83. The lowest BCUT2D eigenvalue weighted by Crippen LogP contribution is -2.39. The predicted molar refractivity (Wildman–Crippen MR) is 88.9 cm³/mol. The van der Waals surface area contributed by atoms with Gasteiger partial charge in [0.05, 0.1) is 6.61 Å². The number of hydrogen-bond donors (Lipinski definition) is 1. The molecule has 2 unspecified atom stereocenters. The number of likely N-dealkylation sites (N-methyl/N-ethyl adjacent to an activating group) is 1. The smallest absolute Gasteiger partial charge is 0.0615 e. The molecule has 2 atom stereocenters. The summed E-state index contributed by atoms with van der Waals surface area (Å²) in [5, 5.41) is 0. The zero-order valence-corrected chi connectivity index (χ0v) is 13.8. The highest BCUT2D eigenvalue weighted by Crippen LogP contribution is 2.30. The van der Waals surface area contributed by atoms with Gasteiger partial charge in [-0.25, -0.2) is 0 Å². The molecule has 1 aromatic carbocycles. The normalized spacial score (nSPS) is 17.7. The molecule has 0 radical (unpaired) electrons. The molecule has 0 amide bonds. The monoisotopic (exact) mass is 291 g/mol. The van der Waals surface area contributed by atoms with Crippen molar-refractivity contribution in [1.82, 2.24) is 4.90 Å². The zero-order chi connectivity index (χ0) is 15.4. The van der Waals surface area contributed by atoms with Gasteiger partial charge in [0, 0.05) is 45.0 Å². The van der Waals surface area contributed by atoms with Crippen LogP contribution in [-0.2, 0) is 11.2 Å². The topological polar surface area (TPSA) is 41.7 Å². The number of benzene rings is 1. The third kappa shape index (κ3) is 3.57. The Morgan fingerprint density at radius 2 is 2.19 bits per heavy atom. The van der Waals surface area contributed by atoms with Crippen molar-refractivity contribution >= 4 is 5.69 Å². The third-order valence-electron chi connectivity index (χ3n) is 4.66. The molecule has 1 aliphatic heterocycles. The molecule has 118 valence electrons. The first kappa shape index (κ1) is 16.3. The van der Waals surface area contributed by atoms with Crippen molar-refractivity contribution in [2.24, 2.45) is 5.73 Å². The van der Waals surface area contributed by atoms with Crippen LogP contribution in [-0.4, -0.2) is 51.8 Å². The molecule has 4 heteroatoms. The van der Waals surface area contributed by atoms with Crippen LogP contribution in [0.3, 0.4) is 0 Å². The molecule has 2 rings (SSSR count). The van der Waals surface area contributed by atoms with Crippen LogP contribution in [0.4, 0.5) is 5.69 Å². The summed E-state index contributed by atoms with van der Waals surface area (Å²) in [5.41, 5.74) is 10.2. The Balaban J connectivity index is 2.22. The van der Waals surface area contributed by atoms with E-state index in [1.165, 1.54) is 29.7 Å². The molecule has 1 heterocycles. The third-order valence-corrected chi connectivity index (χ3v) is 4.66. The van der Waals surface area contributed by atoms with Crippen molar-refractivity contribution in [2.45, 2.75) is 31.8 Å². The van der Waals surface area contributed by atoms with E-state index in [9.17, 15) is 0 Å². The van der Waals surface area contributed by atoms with Gasteiger partial charge in [-0.1, -0.05) is 12.1 Å². The van der Waals surface area contributed by atoms with Gasteiger partial charge < -0.3 is 15.4 Å². The highest BCUT2D eigenvalue weighted by Gasteiger charge is 2.22. The summed E-state index contributed by atoms with van der Waals surface area (Å²) in [5.74, 6) is 0. The molecule has 0 aromatic heterocycles. The van der Waals surface area contributed by atoms with Crippen molar-refractivity contribution in [1.29, 1.82) is 0 Å². The molecule has 1 aliphatic rings. The van der Waals surface area contributed by atoms with E-state index < -0.39 is 0 Å². The second-order valence-electron chi connectivity index (χ2n) is 6.13. The minimum absolute atomic E-state index is 0.243. The number of rotatable bonds is 6. The standard InChI is InChI=1S/C17H29N3O/c1-13(12-21-4)20(3)17(11-18)15-7-8-16-14(10-15)6-5-9-19(16)2/h7-8,10,13,17H,5-6,9,11-12,18H2,1-4H3. The van der Waals surface area contributed by atoms with Crippen LogP contribution in [0.5, 0.6) is 0 Å². The largest absolute Gasteiger partial charge is 0.383 e. The molecule has 0 fully saturated rings. The van der Waals surface area contributed by atoms with Gasteiger partial charge >= 0.3 is 0 Å². The fraction of sp³-hybridized carbons (Fsp3) is 0.647. The summed E-state index contributed by atoms with van der Waals surface area (Å²) < 4.78 is 5.27. The number of fused-ring (bicyclic) bond motifs is 1. The minimum Gasteiger partial charge on any atom is -0.383 e. The van der Waals surface area contributed by atoms with Crippen molar-refractivity contribution in [3.8, 4) is 0 Å². The number of hydrogen-bond acceptors (Lipinski definition) is 4. The van der Waals surface area contributed by atoms with E-state index in [4.69, 9.17) is 10.5 Å². The van der Waals surface area contributed by atoms with Crippen LogP contribution >= 0.6 is 0 Å². The van der Waals surface area contributed by atoms with E-state index in [2.05, 4.69) is 49.0 Å². The lowest BCUT2D eigenvalue weighted by molar-refractivity contribution is 0.0910. The van der Waals surface area contributed by atoms with E-state index in [-0.39, 0.29) is 6.04 Å². The summed E-state index contributed by atoms with van der Waals surface area (Å²) >= 11 is 0. The molecule has 1 aromatic rings. The van der Waals surface area contributed by atoms with Crippen molar-refractivity contribution < 1.29 is 4.74 Å². The Hall–Kier alpha value is -1.10. The lowest BCUT2D eigenvalue weighted by atomic mass is 9.95. The van der Waals surface area contributed by atoms with Gasteiger partial charge in [0.2, 0.25) is 0 Å². The maximum absolute atomic E-state index is 6.05. The molecule has 21 heavy (non-hydrogen) atoms. The van der Waals surface area contributed by atoms with Gasteiger partial charge in [-0.2, -0.15) is 0 Å². The van der Waals surface area contributed by atoms with E-state index in [0.29, 0.717) is 12.6 Å². The highest BCUT2D eigenvalue weighted by atomic mass is 16.5. The number of methoxy groups -OCH3 is 1. The molecule has 0 spiro atoms. The summed E-state index contributed by atoms with van der Waals surface area (Å²) in [6, 6.07) is 7.42. The summed E-state index contributed by atoms with van der Waals surface area (Å²) in [6.45, 7) is 4.68. The van der Waals surface area contributed by atoms with Crippen LogP contribution in [0.25, 0.3) is 0 Å². The van der Waals surface area contributed by atoms with E-state index >= 15 is 0 Å². The highest BCUT2D eigenvalue weighted by molar-refractivity contribution is 5.56. The molecule has 0 aliphatic carbocycles. The quantitative estimate of drug-likeness (QED) is 0.871. The number of nitrogens with two attached hydrogens (primary N) is 1. The van der Waals surface area contributed by atoms with Crippen LogP contribution in [0.15, 0.2) is 18.2 Å². The Labute approximate surface area is 128 Å². The summed E-state index contributed by atoms with van der Waals surface area (Å²) in [7, 11) is 6.05. The van der Waals surface area contributed by atoms with Crippen LogP contribution in [0.1, 0.15) is 30.5 Å².